The number of imidazole rings is 1. The van der Waals surface area contributed by atoms with Gasteiger partial charge in [-0.05, 0) is 24.6 Å². The SMILES string of the molecule is Cc1c(Cl)cccc1NC(=O)CCn1cnc2c1c(=O)n(C)c(=O)n2C. The van der Waals surface area contributed by atoms with Gasteiger partial charge in [-0.3, -0.25) is 18.7 Å². The lowest BCUT2D eigenvalue weighted by atomic mass is 10.2. The Morgan fingerprint density at radius 1 is 1.23 bits per heavy atom. The van der Waals surface area contributed by atoms with E-state index in [2.05, 4.69) is 10.3 Å². The normalized spacial score (nSPS) is 11.1. The number of anilines is 1. The van der Waals surface area contributed by atoms with Crippen LogP contribution in [0.3, 0.4) is 0 Å². The zero-order chi connectivity index (χ0) is 19.0. The van der Waals surface area contributed by atoms with E-state index in [1.165, 1.54) is 17.9 Å². The zero-order valence-corrected chi connectivity index (χ0v) is 15.4. The number of amides is 1. The summed E-state index contributed by atoms with van der Waals surface area (Å²) >= 11 is 6.05. The fourth-order valence-corrected chi connectivity index (χ4v) is 2.92. The molecule has 0 fully saturated rings. The van der Waals surface area contributed by atoms with Crippen LogP contribution in [0.15, 0.2) is 34.1 Å². The van der Waals surface area contributed by atoms with Crippen LogP contribution in [-0.2, 0) is 25.4 Å². The average molecular weight is 376 g/mol. The molecular weight excluding hydrogens is 358 g/mol. The average Bonchev–Trinajstić information content (AvgIpc) is 3.04. The Morgan fingerprint density at radius 2 is 1.96 bits per heavy atom. The molecule has 0 saturated carbocycles. The number of carbonyl (C=O) groups is 1. The number of fused-ring (bicyclic) bond motifs is 1. The van der Waals surface area contributed by atoms with E-state index in [4.69, 9.17) is 11.6 Å². The van der Waals surface area contributed by atoms with Crippen LogP contribution < -0.4 is 16.6 Å². The first-order valence-electron chi connectivity index (χ1n) is 7.97. The van der Waals surface area contributed by atoms with Crippen molar-refractivity contribution in [3.05, 3.63) is 56.0 Å². The van der Waals surface area contributed by atoms with E-state index < -0.39 is 11.2 Å². The maximum Gasteiger partial charge on any atom is 0.332 e. The largest absolute Gasteiger partial charge is 0.332 e. The minimum atomic E-state index is -0.443. The number of hydrogen-bond acceptors (Lipinski definition) is 4. The van der Waals surface area contributed by atoms with Crippen LogP contribution >= 0.6 is 11.6 Å². The van der Waals surface area contributed by atoms with E-state index in [1.807, 2.05) is 6.92 Å². The molecule has 0 aliphatic carbocycles. The number of halogens is 1. The van der Waals surface area contributed by atoms with Gasteiger partial charge in [0.15, 0.2) is 11.2 Å². The van der Waals surface area contributed by atoms with E-state index in [1.54, 1.807) is 29.8 Å². The third-order valence-corrected chi connectivity index (χ3v) is 4.75. The van der Waals surface area contributed by atoms with E-state index in [0.717, 1.165) is 10.1 Å². The molecule has 2 aromatic heterocycles. The van der Waals surface area contributed by atoms with Gasteiger partial charge in [-0.25, -0.2) is 9.78 Å². The Balaban J connectivity index is 1.82. The van der Waals surface area contributed by atoms with E-state index in [9.17, 15) is 14.4 Å². The molecule has 3 aromatic rings. The lowest BCUT2D eigenvalue weighted by molar-refractivity contribution is -0.116. The summed E-state index contributed by atoms with van der Waals surface area (Å²) in [5.41, 5.74) is 1.15. The Labute approximate surface area is 153 Å². The van der Waals surface area contributed by atoms with Gasteiger partial charge in [0.2, 0.25) is 5.91 Å². The van der Waals surface area contributed by atoms with Crippen LogP contribution in [0.2, 0.25) is 5.02 Å². The molecule has 0 saturated heterocycles. The standard InChI is InChI=1S/C17H18ClN5O3/c1-10-11(18)5-4-6-12(10)20-13(24)7-8-23-9-19-15-14(23)16(25)22(3)17(26)21(15)2/h4-6,9H,7-8H2,1-3H3,(H,20,24). The number of hydrogen-bond donors (Lipinski definition) is 1. The highest BCUT2D eigenvalue weighted by Gasteiger charge is 2.15. The van der Waals surface area contributed by atoms with Gasteiger partial charge in [0.1, 0.15) is 0 Å². The van der Waals surface area contributed by atoms with Gasteiger partial charge in [0.25, 0.3) is 5.56 Å². The second-order valence-electron chi connectivity index (χ2n) is 6.03. The van der Waals surface area contributed by atoms with Crippen molar-refractivity contribution in [2.24, 2.45) is 14.1 Å². The van der Waals surface area contributed by atoms with Crippen molar-refractivity contribution in [3.63, 3.8) is 0 Å². The van der Waals surface area contributed by atoms with Crippen molar-refractivity contribution in [2.75, 3.05) is 5.32 Å². The maximum atomic E-state index is 12.4. The van der Waals surface area contributed by atoms with E-state index >= 15 is 0 Å². The number of benzene rings is 1. The predicted molar refractivity (Wildman–Crippen MR) is 99.7 cm³/mol. The van der Waals surface area contributed by atoms with Crippen molar-refractivity contribution in [3.8, 4) is 0 Å². The molecular formula is C17H18ClN5O3. The van der Waals surface area contributed by atoms with Crippen LogP contribution in [-0.4, -0.2) is 24.6 Å². The quantitative estimate of drug-likeness (QED) is 0.746. The minimum absolute atomic E-state index is 0.142. The molecule has 0 bridgehead atoms. The van der Waals surface area contributed by atoms with Crippen LogP contribution in [0.25, 0.3) is 11.2 Å². The highest BCUT2D eigenvalue weighted by Crippen LogP contribution is 2.23. The minimum Gasteiger partial charge on any atom is -0.326 e. The molecule has 0 radical (unpaired) electrons. The van der Waals surface area contributed by atoms with Crippen LogP contribution in [0.4, 0.5) is 5.69 Å². The topological polar surface area (TPSA) is 90.9 Å². The molecule has 8 nitrogen and oxygen atoms in total. The molecule has 1 N–H and O–H groups in total. The second kappa shape index (κ2) is 6.80. The monoisotopic (exact) mass is 375 g/mol. The molecule has 26 heavy (non-hydrogen) atoms. The summed E-state index contributed by atoms with van der Waals surface area (Å²) in [7, 11) is 2.96. The molecule has 0 aliphatic rings. The maximum absolute atomic E-state index is 12.4. The summed E-state index contributed by atoms with van der Waals surface area (Å²) < 4.78 is 3.92. The summed E-state index contributed by atoms with van der Waals surface area (Å²) in [4.78, 5) is 40.7. The lowest BCUT2D eigenvalue weighted by Crippen LogP contribution is -2.37. The van der Waals surface area contributed by atoms with Gasteiger partial charge < -0.3 is 9.88 Å². The van der Waals surface area contributed by atoms with Gasteiger partial charge in [0, 0.05) is 37.8 Å². The molecule has 136 valence electrons. The Kier molecular flexibility index (Phi) is 4.69. The van der Waals surface area contributed by atoms with E-state index in [0.29, 0.717) is 21.9 Å². The van der Waals surface area contributed by atoms with E-state index in [-0.39, 0.29) is 18.9 Å². The van der Waals surface area contributed by atoms with Gasteiger partial charge in [-0.2, -0.15) is 0 Å². The summed E-state index contributed by atoms with van der Waals surface area (Å²) in [6.45, 7) is 2.08. The fourth-order valence-electron chi connectivity index (χ4n) is 2.74. The molecule has 1 aromatic carbocycles. The Hall–Kier alpha value is -2.87. The third kappa shape index (κ3) is 3.03. The number of nitrogens with one attached hydrogen (secondary N) is 1. The first kappa shape index (κ1) is 17.9. The van der Waals surface area contributed by atoms with Crippen molar-refractivity contribution in [2.45, 2.75) is 19.9 Å². The van der Waals surface area contributed by atoms with Gasteiger partial charge in [-0.15, -0.1) is 0 Å². The molecule has 1 amide bonds. The molecule has 3 rings (SSSR count). The van der Waals surface area contributed by atoms with Crippen molar-refractivity contribution >= 4 is 34.4 Å². The molecule has 0 spiro atoms. The van der Waals surface area contributed by atoms with Crippen LogP contribution in [0.5, 0.6) is 0 Å². The summed E-state index contributed by atoms with van der Waals surface area (Å²) in [5, 5.41) is 3.39. The van der Waals surface area contributed by atoms with Crippen LogP contribution in [0.1, 0.15) is 12.0 Å². The molecule has 0 atom stereocenters. The highest BCUT2D eigenvalue weighted by molar-refractivity contribution is 6.31. The molecule has 2 heterocycles. The van der Waals surface area contributed by atoms with Gasteiger partial charge in [-0.1, -0.05) is 17.7 Å². The second-order valence-corrected chi connectivity index (χ2v) is 6.43. The first-order chi connectivity index (χ1) is 12.3. The van der Waals surface area contributed by atoms with Crippen molar-refractivity contribution in [1.29, 1.82) is 0 Å². The summed E-state index contributed by atoms with van der Waals surface area (Å²) in [5.74, 6) is -0.209. The first-order valence-corrected chi connectivity index (χ1v) is 8.35. The Morgan fingerprint density at radius 3 is 2.69 bits per heavy atom. The third-order valence-electron chi connectivity index (χ3n) is 4.34. The lowest BCUT2D eigenvalue weighted by Gasteiger charge is -2.10. The number of nitrogens with zero attached hydrogens (tertiary/aromatic N) is 4. The molecule has 9 heteroatoms. The number of aryl methyl sites for hydroxylation is 2. The number of aromatic nitrogens is 4. The number of carbonyl (C=O) groups excluding carboxylic acids is 1. The summed E-state index contributed by atoms with van der Waals surface area (Å²) in [6.07, 6.45) is 1.60. The van der Waals surface area contributed by atoms with Gasteiger partial charge >= 0.3 is 5.69 Å². The zero-order valence-electron chi connectivity index (χ0n) is 14.6. The van der Waals surface area contributed by atoms with Crippen molar-refractivity contribution in [1.82, 2.24) is 18.7 Å². The molecule has 0 aliphatic heterocycles. The molecule has 0 unspecified atom stereocenters. The number of rotatable bonds is 4. The smallest absolute Gasteiger partial charge is 0.326 e. The van der Waals surface area contributed by atoms with Crippen LogP contribution in [0, 0.1) is 6.92 Å². The highest BCUT2D eigenvalue weighted by atomic mass is 35.5. The van der Waals surface area contributed by atoms with Crippen molar-refractivity contribution < 1.29 is 4.79 Å². The predicted octanol–water partition coefficient (Wildman–Crippen LogP) is 1.42. The Bertz CT molecular complexity index is 1130. The van der Waals surface area contributed by atoms with Gasteiger partial charge in [0.05, 0.1) is 6.33 Å². The summed E-state index contributed by atoms with van der Waals surface area (Å²) in [6, 6.07) is 5.29. The fraction of sp³-hybridized carbons (Fsp3) is 0.294.